The van der Waals surface area contributed by atoms with Gasteiger partial charge in [0.25, 0.3) is 0 Å². The van der Waals surface area contributed by atoms with E-state index in [1.165, 1.54) is 23.8 Å². The molecule has 0 atom stereocenters. The lowest BCUT2D eigenvalue weighted by Crippen LogP contribution is -1.86. The Morgan fingerprint density at radius 1 is 1.32 bits per heavy atom. The number of nitrogens with zero attached hydrogens (tertiary/aromatic N) is 2. The van der Waals surface area contributed by atoms with Gasteiger partial charge in [0, 0.05) is 9.80 Å². The van der Waals surface area contributed by atoms with Crippen LogP contribution in [0.1, 0.15) is 5.56 Å². The fraction of sp³-hybridized carbons (Fsp3) is 0.143. The summed E-state index contributed by atoms with van der Waals surface area (Å²) in [7, 11) is 1.51. The van der Waals surface area contributed by atoms with Crippen molar-refractivity contribution in [2.24, 2.45) is 5.16 Å². The van der Waals surface area contributed by atoms with Crippen LogP contribution in [-0.4, -0.2) is 18.4 Å². The summed E-state index contributed by atoms with van der Waals surface area (Å²) in [5.41, 5.74) is 1.58. The Balaban J connectivity index is 2.33. The highest BCUT2D eigenvalue weighted by atomic mass is 32.2. The van der Waals surface area contributed by atoms with E-state index in [0.29, 0.717) is 5.57 Å². The van der Waals surface area contributed by atoms with E-state index in [0.717, 1.165) is 15.5 Å². The lowest BCUT2D eigenvalue weighted by atomic mass is 10.1. The van der Waals surface area contributed by atoms with Gasteiger partial charge in [-0.05, 0) is 36.1 Å². The maximum atomic E-state index is 9.35. The van der Waals surface area contributed by atoms with Gasteiger partial charge in [0.1, 0.15) is 18.2 Å². The second-order valence-corrected chi connectivity index (χ2v) is 5.57. The average Bonchev–Trinajstić information content (AvgIpc) is 2.89. The van der Waals surface area contributed by atoms with E-state index < -0.39 is 0 Å². The Hall–Kier alpha value is -1.64. The van der Waals surface area contributed by atoms with E-state index in [2.05, 4.69) is 11.2 Å². The summed E-state index contributed by atoms with van der Waals surface area (Å²) >= 11 is 3.12. The molecule has 1 heterocycles. The maximum absolute atomic E-state index is 9.35. The van der Waals surface area contributed by atoms with Gasteiger partial charge in [0.15, 0.2) is 0 Å². The monoisotopic (exact) mass is 288 g/mol. The van der Waals surface area contributed by atoms with E-state index >= 15 is 0 Å². The van der Waals surface area contributed by atoms with Gasteiger partial charge < -0.3 is 4.84 Å². The third-order valence-corrected chi connectivity index (χ3v) is 4.23. The summed E-state index contributed by atoms with van der Waals surface area (Å²) in [5.74, 6) is 0. The fourth-order valence-corrected chi connectivity index (χ4v) is 2.90. The summed E-state index contributed by atoms with van der Waals surface area (Å²) in [6, 6.07) is 10.2. The largest absolute Gasteiger partial charge is 0.398 e. The predicted molar refractivity (Wildman–Crippen MR) is 81.9 cm³/mol. The molecule has 5 heteroatoms. The molecule has 0 fully saturated rings. The summed E-state index contributed by atoms with van der Waals surface area (Å²) in [4.78, 5) is 6.81. The van der Waals surface area contributed by atoms with Crippen LogP contribution < -0.4 is 0 Å². The van der Waals surface area contributed by atoms with Gasteiger partial charge in [-0.15, -0.1) is 11.8 Å². The van der Waals surface area contributed by atoms with E-state index in [4.69, 9.17) is 4.84 Å². The normalized spacial score (nSPS) is 18.5. The first-order valence-electron chi connectivity index (χ1n) is 5.54. The highest BCUT2D eigenvalue weighted by Crippen LogP contribution is 2.34. The first kappa shape index (κ1) is 13.8. The number of hydrogen-bond acceptors (Lipinski definition) is 5. The molecule has 3 nitrogen and oxygen atoms in total. The molecule has 0 unspecified atom stereocenters. The van der Waals surface area contributed by atoms with Crippen molar-refractivity contribution in [1.82, 2.24) is 0 Å². The van der Waals surface area contributed by atoms with Crippen LogP contribution in [0.3, 0.4) is 0 Å². The minimum Gasteiger partial charge on any atom is -0.398 e. The molecule has 0 amide bonds. The molecule has 1 aliphatic rings. The van der Waals surface area contributed by atoms with Crippen molar-refractivity contribution in [3.05, 3.63) is 46.9 Å². The molecule has 0 aromatic heterocycles. The molecule has 1 aromatic carbocycles. The van der Waals surface area contributed by atoms with Crippen molar-refractivity contribution >= 4 is 34.1 Å². The lowest BCUT2D eigenvalue weighted by molar-refractivity contribution is 0.215. The number of nitriles is 1. The molecule has 1 aromatic rings. The van der Waals surface area contributed by atoms with Crippen molar-refractivity contribution in [3.8, 4) is 6.07 Å². The van der Waals surface area contributed by atoms with Crippen LogP contribution in [0.2, 0.25) is 0 Å². The molecular formula is C14H12N2OS2. The second kappa shape index (κ2) is 6.50. The summed E-state index contributed by atoms with van der Waals surface area (Å²) in [6.07, 6.45) is 5.77. The zero-order chi connectivity index (χ0) is 13.7. The molecule has 2 rings (SSSR count). The Labute approximate surface area is 121 Å². The Kier molecular flexibility index (Phi) is 4.72. The van der Waals surface area contributed by atoms with Crippen LogP contribution in [0.5, 0.6) is 0 Å². The van der Waals surface area contributed by atoms with E-state index in [1.54, 1.807) is 11.8 Å². The molecule has 19 heavy (non-hydrogen) atoms. The van der Waals surface area contributed by atoms with Gasteiger partial charge >= 0.3 is 0 Å². The predicted octanol–water partition coefficient (Wildman–Crippen LogP) is 3.91. The van der Waals surface area contributed by atoms with Crippen LogP contribution >= 0.6 is 23.5 Å². The maximum Gasteiger partial charge on any atom is 0.140 e. The van der Waals surface area contributed by atoms with Gasteiger partial charge in [-0.1, -0.05) is 29.1 Å². The summed E-state index contributed by atoms with van der Waals surface area (Å²) in [6.45, 7) is 0. The van der Waals surface area contributed by atoms with E-state index in [1.807, 2.05) is 42.7 Å². The minimum absolute atomic E-state index is 0.662. The van der Waals surface area contributed by atoms with Gasteiger partial charge in [-0.3, -0.25) is 0 Å². The van der Waals surface area contributed by atoms with Crippen LogP contribution in [0.15, 0.2) is 51.4 Å². The molecule has 0 saturated heterocycles. The highest BCUT2D eigenvalue weighted by molar-refractivity contribution is 8.18. The lowest BCUT2D eigenvalue weighted by Gasteiger charge is -2.03. The first-order chi connectivity index (χ1) is 9.28. The van der Waals surface area contributed by atoms with Crippen LogP contribution in [0, 0.1) is 11.3 Å². The fourth-order valence-electron chi connectivity index (χ4n) is 1.62. The van der Waals surface area contributed by atoms with Crippen molar-refractivity contribution in [3.63, 3.8) is 0 Å². The standard InChI is InChI=1S/C14H12N2OS2/c1-17-16-14-8-7-13(19-14)12(9-15)10-3-5-11(18-2)6-4-10/h3-8H,1-2H3/b13-12+,16-14?. The van der Waals surface area contributed by atoms with Gasteiger partial charge in [0.05, 0.1) is 5.57 Å². The van der Waals surface area contributed by atoms with E-state index in [9.17, 15) is 5.26 Å². The Morgan fingerprint density at radius 2 is 2.05 bits per heavy atom. The second-order valence-electron chi connectivity index (χ2n) is 3.63. The summed E-state index contributed by atoms with van der Waals surface area (Å²) < 4.78 is 0. The molecule has 96 valence electrons. The number of benzene rings is 1. The van der Waals surface area contributed by atoms with Crippen LogP contribution in [0.4, 0.5) is 0 Å². The molecule has 0 radical (unpaired) electrons. The van der Waals surface area contributed by atoms with Crippen LogP contribution in [0.25, 0.3) is 5.57 Å². The highest BCUT2D eigenvalue weighted by Gasteiger charge is 2.15. The number of allylic oxidation sites excluding steroid dienone is 2. The SMILES string of the molecule is CON=C1C=C/C(=C(/C#N)c2ccc(SC)cc2)S1. The Morgan fingerprint density at radius 3 is 2.63 bits per heavy atom. The topological polar surface area (TPSA) is 45.4 Å². The third-order valence-electron chi connectivity index (χ3n) is 2.51. The average molecular weight is 288 g/mol. The number of oxime groups is 1. The molecule has 0 aliphatic carbocycles. The first-order valence-corrected chi connectivity index (χ1v) is 7.58. The van der Waals surface area contributed by atoms with Crippen molar-refractivity contribution in [2.75, 3.05) is 13.4 Å². The van der Waals surface area contributed by atoms with Crippen molar-refractivity contribution < 1.29 is 4.84 Å². The molecule has 0 saturated carbocycles. The van der Waals surface area contributed by atoms with Crippen molar-refractivity contribution in [1.29, 1.82) is 5.26 Å². The number of hydrogen-bond donors (Lipinski definition) is 0. The number of rotatable bonds is 3. The quantitative estimate of drug-likeness (QED) is 0.480. The molecular weight excluding hydrogens is 276 g/mol. The van der Waals surface area contributed by atoms with Gasteiger partial charge in [-0.25, -0.2) is 0 Å². The zero-order valence-corrected chi connectivity index (χ0v) is 12.2. The third kappa shape index (κ3) is 3.22. The number of thioether (sulfide) groups is 2. The summed E-state index contributed by atoms with van der Waals surface area (Å²) in [5, 5.41) is 14.0. The molecule has 1 aliphatic heterocycles. The van der Waals surface area contributed by atoms with Gasteiger partial charge in [-0.2, -0.15) is 5.26 Å². The zero-order valence-electron chi connectivity index (χ0n) is 10.6. The Bertz CT molecular complexity index is 595. The van der Waals surface area contributed by atoms with Crippen molar-refractivity contribution in [2.45, 2.75) is 4.90 Å². The van der Waals surface area contributed by atoms with Gasteiger partial charge in [0.2, 0.25) is 0 Å². The van der Waals surface area contributed by atoms with E-state index in [-0.39, 0.29) is 0 Å². The smallest absolute Gasteiger partial charge is 0.140 e. The molecule has 0 bridgehead atoms. The molecule has 0 N–H and O–H groups in total. The van der Waals surface area contributed by atoms with Crippen LogP contribution in [-0.2, 0) is 4.84 Å². The molecule has 0 spiro atoms. The minimum atomic E-state index is 0.662.